The quantitative estimate of drug-likeness (QED) is 0.488. The molecule has 2 aromatic carbocycles. The summed E-state index contributed by atoms with van der Waals surface area (Å²) in [7, 11) is 0. The molecule has 0 radical (unpaired) electrons. The summed E-state index contributed by atoms with van der Waals surface area (Å²) >= 11 is 0. The lowest BCUT2D eigenvalue weighted by Gasteiger charge is -2.07. The Kier molecular flexibility index (Phi) is 6.37. The molecular formula is C18H17F2N3O3. The van der Waals surface area contributed by atoms with Crippen molar-refractivity contribution < 1.29 is 23.1 Å². The Hall–Kier alpha value is -3.29. The highest BCUT2D eigenvalue weighted by molar-refractivity contribution is 6.39. The van der Waals surface area contributed by atoms with E-state index in [2.05, 4.69) is 20.6 Å². The Labute approximate surface area is 148 Å². The van der Waals surface area contributed by atoms with Crippen LogP contribution in [-0.2, 0) is 9.59 Å². The number of rotatable bonds is 5. The Balaban J connectivity index is 1.93. The van der Waals surface area contributed by atoms with Crippen LogP contribution >= 0.6 is 0 Å². The van der Waals surface area contributed by atoms with Gasteiger partial charge in [0.05, 0.1) is 5.71 Å². The number of ether oxygens (including phenoxy) is 1. The average Bonchev–Trinajstić information content (AvgIpc) is 2.61. The largest absolute Gasteiger partial charge is 0.435 e. The Morgan fingerprint density at radius 3 is 2.19 bits per heavy atom. The second kappa shape index (κ2) is 8.70. The lowest BCUT2D eigenvalue weighted by molar-refractivity contribution is -0.136. The smallest absolute Gasteiger partial charge is 0.387 e. The van der Waals surface area contributed by atoms with Crippen LogP contribution in [0.4, 0.5) is 14.5 Å². The first-order valence-corrected chi connectivity index (χ1v) is 7.62. The highest BCUT2D eigenvalue weighted by atomic mass is 19.3. The van der Waals surface area contributed by atoms with Gasteiger partial charge in [0.1, 0.15) is 5.75 Å². The van der Waals surface area contributed by atoms with Crippen molar-refractivity contribution in [2.45, 2.75) is 20.5 Å². The predicted octanol–water partition coefficient (Wildman–Crippen LogP) is 3.08. The first-order valence-electron chi connectivity index (χ1n) is 7.62. The van der Waals surface area contributed by atoms with E-state index in [1.165, 1.54) is 24.3 Å². The van der Waals surface area contributed by atoms with E-state index in [-0.39, 0.29) is 5.75 Å². The van der Waals surface area contributed by atoms with E-state index in [9.17, 15) is 18.4 Å². The molecule has 0 aliphatic rings. The summed E-state index contributed by atoms with van der Waals surface area (Å²) in [6.45, 7) is 0.602. The maximum atomic E-state index is 12.1. The maximum absolute atomic E-state index is 12.1. The number of amides is 2. The molecule has 0 spiro atoms. The monoisotopic (exact) mass is 361 g/mol. The van der Waals surface area contributed by atoms with E-state index in [1.54, 1.807) is 31.2 Å². The van der Waals surface area contributed by atoms with Crippen LogP contribution in [0, 0.1) is 6.92 Å². The first kappa shape index (κ1) is 19.0. The summed E-state index contributed by atoms with van der Waals surface area (Å²) in [5, 5.41) is 6.28. The zero-order valence-electron chi connectivity index (χ0n) is 14.1. The molecule has 2 amide bonds. The van der Waals surface area contributed by atoms with Gasteiger partial charge in [-0.3, -0.25) is 9.59 Å². The molecule has 0 heterocycles. The molecule has 0 fully saturated rings. The molecule has 0 aliphatic carbocycles. The second-order valence-corrected chi connectivity index (χ2v) is 5.36. The van der Waals surface area contributed by atoms with Crippen LogP contribution in [0.1, 0.15) is 18.1 Å². The molecule has 136 valence electrons. The SMILES string of the molecule is C/C(=N/NC(=O)C(=O)Nc1ccc(C)cc1)c1ccc(OC(F)F)cc1. The van der Waals surface area contributed by atoms with E-state index in [0.29, 0.717) is 17.0 Å². The number of hydrogen-bond donors (Lipinski definition) is 2. The summed E-state index contributed by atoms with van der Waals surface area (Å²) in [4.78, 5) is 23.6. The van der Waals surface area contributed by atoms with Crippen molar-refractivity contribution in [2.75, 3.05) is 5.32 Å². The highest BCUT2D eigenvalue weighted by Gasteiger charge is 2.13. The number of hydrazone groups is 1. The molecule has 0 aliphatic heterocycles. The molecule has 0 saturated heterocycles. The summed E-state index contributed by atoms with van der Waals surface area (Å²) in [5.74, 6) is -1.77. The summed E-state index contributed by atoms with van der Waals surface area (Å²) in [6.07, 6.45) is 0. The number of nitrogens with one attached hydrogen (secondary N) is 2. The molecule has 26 heavy (non-hydrogen) atoms. The normalized spacial score (nSPS) is 11.2. The third kappa shape index (κ3) is 5.66. The number of carbonyl (C=O) groups excluding carboxylic acids is 2. The van der Waals surface area contributed by atoms with Crippen LogP contribution < -0.4 is 15.5 Å². The van der Waals surface area contributed by atoms with Crippen LogP contribution in [0.5, 0.6) is 5.75 Å². The van der Waals surface area contributed by atoms with Crippen LogP contribution in [0.2, 0.25) is 0 Å². The van der Waals surface area contributed by atoms with Gasteiger partial charge >= 0.3 is 18.4 Å². The standard InChI is InChI=1S/C18H17F2N3O3/c1-11-3-7-14(8-4-11)21-16(24)17(25)23-22-12(2)13-5-9-15(10-6-13)26-18(19)20/h3-10,18H,1-2H3,(H,21,24)(H,23,25)/b22-12-. The fourth-order valence-corrected chi connectivity index (χ4v) is 1.95. The van der Waals surface area contributed by atoms with E-state index >= 15 is 0 Å². The number of nitrogens with zero attached hydrogens (tertiary/aromatic N) is 1. The summed E-state index contributed by atoms with van der Waals surface area (Å²) < 4.78 is 28.5. The number of aryl methyl sites for hydroxylation is 1. The van der Waals surface area contributed by atoms with Gasteiger partial charge < -0.3 is 10.1 Å². The van der Waals surface area contributed by atoms with Crippen LogP contribution in [-0.4, -0.2) is 24.1 Å². The topological polar surface area (TPSA) is 79.8 Å². The van der Waals surface area contributed by atoms with Crippen LogP contribution in [0.3, 0.4) is 0 Å². The Morgan fingerprint density at radius 2 is 1.62 bits per heavy atom. The number of alkyl halides is 2. The van der Waals surface area contributed by atoms with Gasteiger partial charge in [-0.1, -0.05) is 17.7 Å². The maximum Gasteiger partial charge on any atom is 0.387 e. The number of hydrogen-bond acceptors (Lipinski definition) is 4. The summed E-state index contributed by atoms with van der Waals surface area (Å²) in [6, 6.07) is 12.7. The molecule has 6 nitrogen and oxygen atoms in total. The number of halogens is 2. The van der Waals surface area contributed by atoms with Gasteiger partial charge in [0, 0.05) is 5.69 Å². The van der Waals surface area contributed by atoms with Gasteiger partial charge in [0.15, 0.2) is 0 Å². The predicted molar refractivity (Wildman–Crippen MR) is 93.2 cm³/mol. The Bertz CT molecular complexity index is 803. The van der Waals surface area contributed by atoms with Crippen LogP contribution in [0.15, 0.2) is 53.6 Å². The fraction of sp³-hybridized carbons (Fsp3) is 0.167. The lowest BCUT2D eigenvalue weighted by Crippen LogP contribution is -2.32. The van der Waals surface area contributed by atoms with Gasteiger partial charge in [0.2, 0.25) is 0 Å². The molecule has 0 aromatic heterocycles. The summed E-state index contributed by atoms with van der Waals surface area (Å²) in [5.41, 5.74) is 4.63. The van der Waals surface area contributed by atoms with E-state index in [1.807, 2.05) is 6.92 Å². The van der Waals surface area contributed by atoms with E-state index < -0.39 is 18.4 Å². The van der Waals surface area contributed by atoms with Gasteiger partial charge in [-0.25, -0.2) is 5.43 Å². The second-order valence-electron chi connectivity index (χ2n) is 5.36. The van der Waals surface area contributed by atoms with Gasteiger partial charge in [-0.2, -0.15) is 13.9 Å². The highest BCUT2D eigenvalue weighted by Crippen LogP contribution is 2.15. The molecule has 0 saturated carbocycles. The Morgan fingerprint density at radius 1 is 1.00 bits per heavy atom. The van der Waals surface area contributed by atoms with Crippen molar-refractivity contribution in [1.29, 1.82) is 0 Å². The van der Waals surface area contributed by atoms with Crippen molar-refractivity contribution in [1.82, 2.24) is 5.43 Å². The lowest BCUT2D eigenvalue weighted by atomic mass is 10.1. The molecule has 2 N–H and O–H groups in total. The van der Waals surface area contributed by atoms with Crippen molar-refractivity contribution >= 4 is 23.2 Å². The van der Waals surface area contributed by atoms with E-state index in [4.69, 9.17) is 0 Å². The third-order valence-electron chi connectivity index (χ3n) is 3.34. The number of anilines is 1. The van der Waals surface area contributed by atoms with E-state index in [0.717, 1.165) is 5.56 Å². The molecule has 0 bridgehead atoms. The number of carbonyl (C=O) groups is 2. The zero-order chi connectivity index (χ0) is 19.1. The minimum atomic E-state index is -2.90. The molecule has 0 atom stereocenters. The van der Waals surface area contributed by atoms with Gasteiger partial charge in [0.25, 0.3) is 0 Å². The van der Waals surface area contributed by atoms with Crippen molar-refractivity contribution in [3.63, 3.8) is 0 Å². The zero-order valence-corrected chi connectivity index (χ0v) is 14.1. The van der Waals surface area contributed by atoms with Gasteiger partial charge in [-0.15, -0.1) is 0 Å². The molecule has 2 rings (SSSR count). The average molecular weight is 361 g/mol. The van der Waals surface area contributed by atoms with Crippen molar-refractivity contribution in [3.8, 4) is 5.75 Å². The first-order chi connectivity index (χ1) is 12.3. The minimum Gasteiger partial charge on any atom is -0.435 e. The molecule has 0 unspecified atom stereocenters. The minimum absolute atomic E-state index is 0.0121. The van der Waals surface area contributed by atoms with Crippen molar-refractivity contribution in [2.24, 2.45) is 5.10 Å². The molecular weight excluding hydrogens is 344 g/mol. The third-order valence-corrected chi connectivity index (χ3v) is 3.34. The fourth-order valence-electron chi connectivity index (χ4n) is 1.95. The number of benzene rings is 2. The van der Waals surface area contributed by atoms with Crippen LogP contribution in [0.25, 0.3) is 0 Å². The van der Waals surface area contributed by atoms with Gasteiger partial charge in [-0.05, 0) is 55.8 Å². The molecule has 2 aromatic rings. The van der Waals surface area contributed by atoms with Crippen molar-refractivity contribution in [3.05, 3.63) is 59.7 Å². The molecule has 8 heteroatoms.